The zero-order valence-electron chi connectivity index (χ0n) is 22.7. The average molecular weight is 595 g/mol. The molecular weight excluding hydrogens is 567 g/mol. The molecule has 2 aromatic heterocycles. The van der Waals surface area contributed by atoms with Gasteiger partial charge in [-0.3, -0.25) is 9.88 Å². The number of aromatic nitrogens is 4. The first-order chi connectivity index (χ1) is 20.9. The molecular formula is C28H27FN6O8. The lowest BCUT2D eigenvalue weighted by Crippen LogP contribution is -2.33. The van der Waals surface area contributed by atoms with Crippen molar-refractivity contribution >= 4 is 29.0 Å². The molecule has 0 radical (unpaired) electrons. The quantitative estimate of drug-likeness (QED) is 0.224. The Bertz CT molecular complexity index is 1650. The number of ether oxygens (including phenoxy) is 4. The number of benzene rings is 2. The molecule has 2 amide bonds. The van der Waals surface area contributed by atoms with Crippen molar-refractivity contribution in [2.45, 2.75) is 44.4 Å². The van der Waals surface area contributed by atoms with E-state index in [0.717, 1.165) is 0 Å². The highest BCUT2D eigenvalue weighted by Gasteiger charge is 2.54. The molecule has 15 heteroatoms. The number of carboxylic acid groups (broad SMARTS) is 1. The average Bonchev–Trinajstić information content (AvgIpc) is 3.71. The summed E-state index contributed by atoms with van der Waals surface area (Å²) in [5, 5.41) is 24.4. The number of carboxylic acids is 1. The first-order valence-corrected chi connectivity index (χ1v) is 13.4. The first kappa shape index (κ1) is 28.4. The summed E-state index contributed by atoms with van der Waals surface area (Å²) in [4.78, 5) is 36.9. The Hall–Kier alpha value is -4.70. The summed E-state index contributed by atoms with van der Waals surface area (Å²) in [7, 11) is 0. The second-order valence-electron chi connectivity index (χ2n) is 9.79. The maximum atomic E-state index is 13.6. The maximum absolute atomic E-state index is 13.6. The van der Waals surface area contributed by atoms with Gasteiger partial charge in [-0.05, 0) is 36.8 Å². The number of carbonyl (C=O) groups excluding carboxylic acids is 1. The molecule has 0 saturated carbocycles. The standard InChI is InChI=1S/C28H27FN6O8/c1-2-30-28(39)34-23-20-24(32-12-31-23)35(13-33-20)25-22-21(42-27(43-22)15-4-6-16(29)7-5-15)19(41-25)11-40-18-8-3-14(10-36)9-17(18)26(37)38/h3-9,12-13,19,21-22,25,27,36H,2,10-11H2,1H3,(H,37,38)(H2,30,31,32,34,39)/t19?,21?,22?,25?,27-/m0/s1. The fraction of sp³-hybridized carbons (Fsp3) is 0.321. The Balaban J connectivity index is 1.30. The van der Waals surface area contributed by atoms with Crippen molar-refractivity contribution in [3.63, 3.8) is 0 Å². The lowest BCUT2D eigenvalue weighted by Gasteiger charge is -2.22. The van der Waals surface area contributed by atoms with Crippen molar-refractivity contribution in [1.29, 1.82) is 0 Å². The molecule has 0 aliphatic carbocycles. The highest BCUT2D eigenvalue weighted by molar-refractivity contribution is 5.95. The van der Waals surface area contributed by atoms with Crippen LogP contribution < -0.4 is 15.4 Å². The number of rotatable bonds is 9. The SMILES string of the molecule is CCNC(=O)Nc1ncnc2c1ncn2C1OC(COc2ccc(CO)cc2C(=O)O)C2O[C@H](c3ccc(F)cc3)OC21. The van der Waals surface area contributed by atoms with Crippen molar-refractivity contribution < 1.29 is 43.1 Å². The molecule has 4 heterocycles. The van der Waals surface area contributed by atoms with E-state index < -0.39 is 48.6 Å². The van der Waals surface area contributed by atoms with Crippen molar-refractivity contribution in [2.75, 3.05) is 18.5 Å². The molecule has 4 aromatic rings. The molecule has 6 rings (SSSR count). The smallest absolute Gasteiger partial charge is 0.339 e. The number of aliphatic hydroxyl groups is 1. The Morgan fingerprint density at radius 3 is 2.60 bits per heavy atom. The van der Waals surface area contributed by atoms with Gasteiger partial charge in [-0.25, -0.2) is 28.9 Å². The van der Waals surface area contributed by atoms with Gasteiger partial charge < -0.3 is 34.5 Å². The molecule has 2 aliphatic rings. The van der Waals surface area contributed by atoms with Gasteiger partial charge >= 0.3 is 12.0 Å². The largest absolute Gasteiger partial charge is 0.490 e. The Morgan fingerprint density at radius 2 is 1.86 bits per heavy atom. The lowest BCUT2D eigenvalue weighted by molar-refractivity contribution is -0.152. The summed E-state index contributed by atoms with van der Waals surface area (Å²) in [6.45, 7) is 1.77. The van der Waals surface area contributed by atoms with Crippen LogP contribution in [0.2, 0.25) is 0 Å². The molecule has 2 saturated heterocycles. The zero-order chi connectivity index (χ0) is 30.1. The van der Waals surface area contributed by atoms with E-state index in [0.29, 0.717) is 28.8 Å². The zero-order valence-corrected chi connectivity index (χ0v) is 22.7. The molecule has 14 nitrogen and oxygen atoms in total. The number of fused-ring (bicyclic) bond motifs is 2. The first-order valence-electron chi connectivity index (χ1n) is 13.4. The molecule has 224 valence electrons. The summed E-state index contributed by atoms with van der Waals surface area (Å²) < 4.78 is 40.0. The Morgan fingerprint density at radius 1 is 1.07 bits per heavy atom. The lowest BCUT2D eigenvalue weighted by atomic mass is 10.1. The molecule has 2 aromatic carbocycles. The van der Waals surface area contributed by atoms with Crippen LogP contribution >= 0.6 is 0 Å². The van der Waals surface area contributed by atoms with Crippen LogP contribution in [0.4, 0.5) is 15.0 Å². The third kappa shape index (κ3) is 5.58. The number of carbonyl (C=O) groups is 2. The van der Waals surface area contributed by atoms with Gasteiger partial charge in [0.05, 0.1) is 12.9 Å². The van der Waals surface area contributed by atoms with Gasteiger partial charge in [-0.2, -0.15) is 0 Å². The highest BCUT2D eigenvalue weighted by atomic mass is 19.1. The van der Waals surface area contributed by atoms with Crippen LogP contribution in [0.5, 0.6) is 5.75 Å². The van der Waals surface area contributed by atoms with Gasteiger partial charge in [-0.1, -0.05) is 18.2 Å². The fourth-order valence-corrected chi connectivity index (χ4v) is 5.05. The minimum atomic E-state index is -1.22. The van der Waals surface area contributed by atoms with Crippen molar-refractivity contribution in [3.05, 3.63) is 77.6 Å². The van der Waals surface area contributed by atoms with E-state index in [4.69, 9.17) is 18.9 Å². The number of imidazole rings is 1. The van der Waals surface area contributed by atoms with Crippen LogP contribution in [-0.4, -0.2) is 73.2 Å². The van der Waals surface area contributed by atoms with Crippen LogP contribution in [0.1, 0.15) is 40.9 Å². The Kier molecular flexibility index (Phi) is 7.86. The summed E-state index contributed by atoms with van der Waals surface area (Å²) in [5.74, 6) is -1.34. The third-order valence-corrected chi connectivity index (χ3v) is 7.05. The predicted octanol–water partition coefficient (Wildman–Crippen LogP) is 2.76. The summed E-state index contributed by atoms with van der Waals surface area (Å²) in [6, 6.07) is 9.64. The number of urea groups is 1. The molecule has 2 fully saturated rings. The summed E-state index contributed by atoms with van der Waals surface area (Å²) >= 11 is 0. The van der Waals surface area contributed by atoms with E-state index in [-0.39, 0.29) is 30.3 Å². The van der Waals surface area contributed by atoms with Gasteiger partial charge in [0.1, 0.15) is 48.4 Å². The number of amides is 2. The predicted molar refractivity (Wildman–Crippen MR) is 146 cm³/mol. The number of hydrogen-bond donors (Lipinski definition) is 4. The van der Waals surface area contributed by atoms with E-state index in [2.05, 4.69) is 25.6 Å². The van der Waals surface area contributed by atoms with Crippen LogP contribution in [0.3, 0.4) is 0 Å². The normalized spacial score (nSPS) is 22.8. The number of anilines is 1. The van der Waals surface area contributed by atoms with E-state index in [1.165, 1.54) is 36.9 Å². The third-order valence-electron chi connectivity index (χ3n) is 7.05. The van der Waals surface area contributed by atoms with Crippen molar-refractivity contribution in [1.82, 2.24) is 24.8 Å². The van der Waals surface area contributed by atoms with E-state index in [1.54, 1.807) is 29.7 Å². The fourth-order valence-electron chi connectivity index (χ4n) is 5.05. The molecule has 4 unspecified atom stereocenters. The minimum Gasteiger partial charge on any atom is -0.490 e. The molecule has 0 spiro atoms. The number of hydrogen-bond acceptors (Lipinski definition) is 10. The summed E-state index contributed by atoms with van der Waals surface area (Å²) in [6.07, 6.45) is -1.03. The number of aliphatic hydroxyl groups excluding tert-OH is 1. The van der Waals surface area contributed by atoms with E-state index >= 15 is 0 Å². The highest BCUT2D eigenvalue weighted by Crippen LogP contribution is 2.45. The monoisotopic (exact) mass is 594 g/mol. The number of nitrogens with one attached hydrogen (secondary N) is 2. The molecule has 2 aliphatic heterocycles. The van der Waals surface area contributed by atoms with E-state index in [9.17, 15) is 24.2 Å². The van der Waals surface area contributed by atoms with Gasteiger partial charge in [0, 0.05) is 12.1 Å². The molecule has 43 heavy (non-hydrogen) atoms. The Labute approximate surface area is 243 Å². The van der Waals surface area contributed by atoms with Gasteiger partial charge in [-0.15, -0.1) is 0 Å². The minimum absolute atomic E-state index is 0.0872. The second kappa shape index (κ2) is 11.9. The van der Waals surface area contributed by atoms with Gasteiger partial charge in [0.2, 0.25) is 0 Å². The topological polar surface area (TPSA) is 179 Å². The molecule has 0 bridgehead atoms. The number of nitrogens with zero attached hydrogens (tertiary/aromatic N) is 4. The van der Waals surface area contributed by atoms with Gasteiger partial charge in [0.25, 0.3) is 0 Å². The van der Waals surface area contributed by atoms with Crippen molar-refractivity contribution in [2.24, 2.45) is 0 Å². The van der Waals surface area contributed by atoms with Crippen molar-refractivity contribution in [3.8, 4) is 5.75 Å². The van der Waals surface area contributed by atoms with Crippen LogP contribution in [-0.2, 0) is 20.8 Å². The van der Waals surface area contributed by atoms with E-state index in [1.807, 2.05) is 0 Å². The number of aromatic carboxylic acids is 1. The van der Waals surface area contributed by atoms with Crippen LogP contribution in [0.25, 0.3) is 11.2 Å². The number of halogens is 1. The summed E-state index contributed by atoms with van der Waals surface area (Å²) in [5.41, 5.74) is 1.57. The molecule has 5 atom stereocenters. The molecule has 4 N–H and O–H groups in total. The van der Waals surface area contributed by atoms with Crippen LogP contribution in [0.15, 0.2) is 55.1 Å². The van der Waals surface area contributed by atoms with Crippen LogP contribution in [0, 0.1) is 5.82 Å². The second-order valence-corrected chi connectivity index (χ2v) is 9.79. The maximum Gasteiger partial charge on any atom is 0.339 e. The van der Waals surface area contributed by atoms with Gasteiger partial charge in [0.15, 0.2) is 29.5 Å².